The Morgan fingerprint density at radius 2 is 1.64 bits per heavy atom. The van der Waals surface area contributed by atoms with E-state index in [0.717, 1.165) is 33.4 Å². The molecule has 4 nitrogen and oxygen atoms in total. The normalized spacial score (nSPS) is 18.8. The van der Waals surface area contributed by atoms with Crippen molar-refractivity contribution in [3.05, 3.63) is 48.0 Å². The lowest BCUT2D eigenvalue weighted by molar-refractivity contribution is 0.00578. The van der Waals surface area contributed by atoms with Crippen LogP contribution in [0, 0.1) is 6.92 Å². The summed E-state index contributed by atoms with van der Waals surface area (Å²) in [6.07, 6.45) is 0. The van der Waals surface area contributed by atoms with E-state index < -0.39 is 0 Å². The minimum Gasteiger partial charge on any atom is -0.399 e. The average Bonchev–Trinajstić information content (AvgIpc) is 3.05. The van der Waals surface area contributed by atoms with E-state index in [-0.39, 0.29) is 18.3 Å². The zero-order valence-electron chi connectivity index (χ0n) is 15.4. The van der Waals surface area contributed by atoms with Crippen LogP contribution in [0.15, 0.2) is 42.5 Å². The van der Waals surface area contributed by atoms with Crippen LogP contribution in [0.4, 0.5) is 0 Å². The predicted octanol–water partition coefficient (Wildman–Crippen LogP) is 3.84. The Bertz CT molecular complexity index is 897. The SMILES string of the molecule is Cc1cc(-c2nc3ccccc3[nH]2)ccc1B1OC(C)(C)C(C)(C)O1. The highest BCUT2D eigenvalue weighted by molar-refractivity contribution is 6.62. The number of benzene rings is 2. The molecule has 1 fully saturated rings. The number of nitrogens with one attached hydrogen (secondary N) is 1. The van der Waals surface area contributed by atoms with Crippen LogP contribution in [0.5, 0.6) is 0 Å². The summed E-state index contributed by atoms with van der Waals surface area (Å²) < 4.78 is 12.4. The largest absolute Gasteiger partial charge is 0.495 e. The van der Waals surface area contributed by atoms with Gasteiger partial charge in [0.1, 0.15) is 5.82 Å². The molecule has 0 aliphatic carbocycles. The fraction of sp³-hybridized carbons (Fsp3) is 0.350. The molecule has 1 saturated heterocycles. The van der Waals surface area contributed by atoms with Gasteiger partial charge in [-0.25, -0.2) is 4.98 Å². The molecule has 1 N–H and O–H groups in total. The van der Waals surface area contributed by atoms with Gasteiger partial charge in [-0.3, -0.25) is 0 Å². The number of rotatable bonds is 2. The van der Waals surface area contributed by atoms with Crippen molar-refractivity contribution in [1.29, 1.82) is 0 Å². The highest BCUT2D eigenvalue weighted by atomic mass is 16.7. The summed E-state index contributed by atoms with van der Waals surface area (Å²) in [5.74, 6) is 0.879. The lowest BCUT2D eigenvalue weighted by Crippen LogP contribution is -2.41. The zero-order chi connectivity index (χ0) is 17.8. The molecule has 128 valence electrons. The van der Waals surface area contributed by atoms with Crippen molar-refractivity contribution in [3.8, 4) is 11.4 Å². The van der Waals surface area contributed by atoms with Crippen LogP contribution in [0.1, 0.15) is 33.3 Å². The summed E-state index contributed by atoms with van der Waals surface area (Å²) in [6.45, 7) is 10.4. The Morgan fingerprint density at radius 3 is 2.28 bits per heavy atom. The first-order chi connectivity index (χ1) is 11.8. The van der Waals surface area contributed by atoms with E-state index in [1.54, 1.807) is 0 Å². The van der Waals surface area contributed by atoms with E-state index in [1.807, 2.05) is 24.3 Å². The maximum atomic E-state index is 6.18. The number of imidazole rings is 1. The highest BCUT2D eigenvalue weighted by Gasteiger charge is 2.52. The van der Waals surface area contributed by atoms with Crippen LogP contribution in [0.3, 0.4) is 0 Å². The van der Waals surface area contributed by atoms with Gasteiger partial charge in [-0.15, -0.1) is 0 Å². The van der Waals surface area contributed by atoms with E-state index in [9.17, 15) is 0 Å². The topological polar surface area (TPSA) is 47.1 Å². The number of aromatic nitrogens is 2. The van der Waals surface area contributed by atoms with Crippen molar-refractivity contribution in [3.63, 3.8) is 0 Å². The number of para-hydroxylation sites is 2. The first-order valence-corrected chi connectivity index (χ1v) is 8.68. The Labute approximate surface area is 148 Å². The second-order valence-corrected chi connectivity index (χ2v) is 7.76. The molecule has 1 aliphatic rings. The van der Waals surface area contributed by atoms with Gasteiger partial charge in [0.05, 0.1) is 22.2 Å². The van der Waals surface area contributed by atoms with Gasteiger partial charge in [0.15, 0.2) is 0 Å². The Kier molecular flexibility index (Phi) is 3.57. The van der Waals surface area contributed by atoms with Crippen molar-refractivity contribution in [2.45, 2.75) is 45.8 Å². The number of aromatic amines is 1. The van der Waals surface area contributed by atoms with Crippen LogP contribution >= 0.6 is 0 Å². The summed E-state index contributed by atoms with van der Waals surface area (Å²) in [7, 11) is -0.338. The predicted molar refractivity (Wildman–Crippen MR) is 102 cm³/mol. The number of aryl methyl sites for hydroxylation is 1. The Hall–Kier alpha value is -2.11. The van der Waals surface area contributed by atoms with Crippen molar-refractivity contribution < 1.29 is 9.31 Å². The molecule has 0 radical (unpaired) electrons. The smallest absolute Gasteiger partial charge is 0.399 e. The van der Waals surface area contributed by atoms with Crippen molar-refractivity contribution in [2.24, 2.45) is 0 Å². The summed E-state index contributed by atoms with van der Waals surface area (Å²) in [4.78, 5) is 8.06. The lowest BCUT2D eigenvalue weighted by Gasteiger charge is -2.32. The standard InChI is InChI=1S/C20H23BN2O2/c1-13-12-14(18-22-16-8-6-7-9-17(16)23-18)10-11-15(13)21-24-19(2,3)20(4,5)25-21/h6-12H,1-5H3,(H,22,23). The molecule has 4 rings (SSSR count). The molecular weight excluding hydrogens is 311 g/mol. The molecule has 3 aromatic rings. The van der Waals surface area contributed by atoms with Gasteiger partial charge in [-0.05, 0) is 58.3 Å². The van der Waals surface area contributed by atoms with Crippen LogP contribution in [0.2, 0.25) is 0 Å². The third-order valence-electron chi connectivity index (χ3n) is 5.44. The molecule has 0 bridgehead atoms. The Balaban J connectivity index is 1.68. The maximum absolute atomic E-state index is 6.18. The monoisotopic (exact) mass is 334 g/mol. The van der Waals surface area contributed by atoms with Crippen LogP contribution in [-0.2, 0) is 9.31 Å². The molecule has 0 amide bonds. The number of hydrogen-bond acceptors (Lipinski definition) is 3. The number of nitrogens with zero attached hydrogens (tertiary/aromatic N) is 1. The van der Waals surface area contributed by atoms with Gasteiger partial charge < -0.3 is 14.3 Å². The van der Waals surface area contributed by atoms with E-state index in [2.05, 4.69) is 62.8 Å². The van der Waals surface area contributed by atoms with E-state index in [1.165, 1.54) is 0 Å². The highest BCUT2D eigenvalue weighted by Crippen LogP contribution is 2.36. The van der Waals surface area contributed by atoms with Crippen molar-refractivity contribution in [1.82, 2.24) is 9.97 Å². The number of H-pyrrole nitrogens is 1. The molecule has 1 aliphatic heterocycles. The quantitative estimate of drug-likeness (QED) is 0.725. The summed E-state index contributed by atoms with van der Waals surface area (Å²) in [6, 6.07) is 14.4. The van der Waals surface area contributed by atoms with Gasteiger partial charge in [0, 0.05) is 5.56 Å². The summed E-state index contributed by atoms with van der Waals surface area (Å²) in [5, 5.41) is 0. The van der Waals surface area contributed by atoms with Crippen LogP contribution < -0.4 is 5.46 Å². The van der Waals surface area contributed by atoms with Gasteiger partial charge >= 0.3 is 7.12 Å². The average molecular weight is 334 g/mol. The second kappa shape index (κ2) is 5.45. The molecule has 0 atom stereocenters. The Morgan fingerprint density at radius 1 is 0.960 bits per heavy atom. The number of hydrogen-bond donors (Lipinski definition) is 1. The fourth-order valence-electron chi connectivity index (χ4n) is 3.15. The van der Waals surface area contributed by atoms with Crippen molar-refractivity contribution >= 4 is 23.6 Å². The molecule has 2 aromatic carbocycles. The fourth-order valence-corrected chi connectivity index (χ4v) is 3.15. The van der Waals surface area contributed by atoms with Gasteiger partial charge in [0.25, 0.3) is 0 Å². The molecule has 1 aromatic heterocycles. The first-order valence-electron chi connectivity index (χ1n) is 8.68. The van der Waals surface area contributed by atoms with Gasteiger partial charge in [-0.2, -0.15) is 0 Å². The molecule has 5 heteroatoms. The summed E-state index contributed by atoms with van der Waals surface area (Å²) in [5.41, 5.74) is 4.63. The van der Waals surface area contributed by atoms with Gasteiger partial charge in [0.2, 0.25) is 0 Å². The maximum Gasteiger partial charge on any atom is 0.495 e. The van der Waals surface area contributed by atoms with E-state index in [0.29, 0.717) is 0 Å². The summed E-state index contributed by atoms with van der Waals surface area (Å²) >= 11 is 0. The van der Waals surface area contributed by atoms with Crippen LogP contribution in [0.25, 0.3) is 22.4 Å². The molecule has 25 heavy (non-hydrogen) atoms. The second-order valence-electron chi connectivity index (χ2n) is 7.76. The zero-order valence-corrected chi connectivity index (χ0v) is 15.4. The third-order valence-corrected chi connectivity index (χ3v) is 5.44. The van der Waals surface area contributed by atoms with E-state index >= 15 is 0 Å². The molecule has 0 spiro atoms. The molecule has 0 unspecified atom stereocenters. The third kappa shape index (κ3) is 2.68. The minimum atomic E-state index is -0.338. The molecule has 0 saturated carbocycles. The molecule has 2 heterocycles. The minimum absolute atomic E-state index is 0.332. The van der Waals surface area contributed by atoms with Gasteiger partial charge in [-0.1, -0.05) is 29.8 Å². The number of fused-ring (bicyclic) bond motifs is 1. The van der Waals surface area contributed by atoms with Crippen LogP contribution in [-0.4, -0.2) is 28.3 Å². The van der Waals surface area contributed by atoms with Crippen molar-refractivity contribution in [2.75, 3.05) is 0 Å². The molecular formula is C20H23BN2O2. The van der Waals surface area contributed by atoms with E-state index in [4.69, 9.17) is 9.31 Å². The lowest BCUT2D eigenvalue weighted by atomic mass is 9.76. The first kappa shape index (κ1) is 16.4.